The monoisotopic (exact) mass is 543 g/mol. The van der Waals surface area contributed by atoms with Gasteiger partial charge in [-0.25, -0.2) is 13.4 Å². The lowest BCUT2D eigenvalue weighted by atomic mass is 10.2. The number of ether oxygens (including phenoxy) is 1. The van der Waals surface area contributed by atoms with Gasteiger partial charge in [-0.3, -0.25) is 9.80 Å². The van der Waals surface area contributed by atoms with Gasteiger partial charge in [0.2, 0.25) is 0 Å². The molecule has 2 heterocycles. The third-order valence-electron chi connectivity index (χ3n) is 6.04. The summed E-state index contributed by atoms with van der Waals surface area (Å²) in [5.41, 5.74) is -0.103. The largest absolute Gasteiger partial charge is 0.491 e. The highest BCUT2D eigenvalue weighted by molar-refractivity contribution is 7.91. The maximum Gasteiger partial charge on any atom is 0.416 e. The van der Waals surface area contributed by atoms with Gasteiger partial charge < -0.3 is 9.84 Å². The van der Waals surface area contributed by atoms with Gasteiger partial charge in [0.25, 0.3) is 0 Å². The van der Waals surface area contributed by atoms with Gasteiger partial charge in [-0.1, -0.05) is 6.07 Å². The third kappa shape index (κ3) is 6.94. The quantitative estimate of drug-likeness (QED) is 0.443. The van der Waals surface area contributed by atoms with Crippen molar-refractivity contribution < 1.29 is 31.4 Å². The molecule has 1 aromatic heterocycles. The summed E-state index contributed by atoms with van der Waals surface area (Å²) in [5, 5.41) is 11.4. The molecule has 0 bridgehead atoms. The number of fused-ring (bicyclic) bond motifs is 1. The molecule has 1 aliphatic rings. The lowest BCUT2D eigenvalue weighted by Gasteiger charge is -2.35. The van der Waals surface area contributed by atoms with Gasteiger partial charge in [0.1, 0.15) is 18.5 Å². The molecule has 1 N–H and O–H groups in total. The molecule has 0 unspecified atom stereocenters. The second-order valence-electron chi connectivity index (χ2n) is 8.81. The van der Waals surface area contributed by atoms with E-state index in [1.807, 2.05) is 30.0 Å². The van der Waals surface area contributed by atoms with Gasteiger partial charge in [0.05, 0.1) is 31.4 Å². The Hall–Kier alpha value is -2.25. The average molecular weight is 544 g/mol. The molecule has 1 fully saturated rings. The summed E-state index contributed by atoms with van der Waals surface area (Å²) >= 11 is 1.61. The minimum atomic E-state index is -4.59. The Morgan fingerprint density at radius 2 is 1.83 bits per heavy atom. The van der Waals surface area contributed by atoms with Crippen LogP contribution in [0.25, 0.3) is 10.2 Å². The molecular formula is C24H28F3N3O4S2. The van der Waals surface area contributed by atoms with Crippen LogP contribution in [0, 0.1) is 6.92 Å². The zero-order chi connectivity index (χ0) is 25.9. The topological polar surface area (TPSA) is 83.0 Å². The van der Waals surface area contributed by atoms with Crippen molar-refractivity contribution in [1.82, 2.24) is 14.8 Å². The number of thiazole rings is 1. The first kappa shape index (κ1) is 26.8. The number of halogens is 3. The fourth-order valence-corrected chi connectivity index (χ4v) is 6.22. The van der Waals surface area contributed by atoms with E-state index < -0.39 is 27.7 Å². The second-order valence-corrected chi connectivity index (χ2v) is 12.2. The van der Waals surface area contributed by atoms with Crippen molar-refractivity contribution >= 4 is 31.4 Å². The zero-order valence-electron chi connectivity index (χ0n) is 19.7. The van der Waals surface area contributed by atoms with Crippen molar-refractivity contribution in [1.29, 1.82) is 0 Å². The van der Waals surface area contributed by atoms with Crippen molar-refractivity contribution in [3.05, 3.63) is 53.0 Å². The molecule has 7 nitrogen and oxygen atoms in total. The predicted molar refractivity (Wildman–Crippen MR) is 132 cm³/mol. The molecule has 0 amide bonds. The van der Waals surface area contributed by atoms with Crippen LogP contribution >= 0.6 is 11.3 Å². The Morgan fingerprint density at radius 1 is 1.11 bits per heavy atom. The number of aliphatic hydroxyl groups is 1. The Kier molecular flexibility index (Phi) is 8.20. The van der Waals surface area contributed by atoms with Crippen LogP contribution in [0.15, 0.2) is 47.4 Å². The van der Waals surface area contributed by atoms with Crippen LogP contribution in [-0.2, 0) is 16.0 Å². The fraction of sp³-hybridized carbons (Fsp3) is 0.458. The van der Waals surface area contributed by atoms with Crippen molar-refractivity contribution in [3.8, 4) is 5.75 Å². The van der Waals surface area contributed by atoms with Gasteiger partial charge >= 0.3 is 6.18 Å². The molecule has 3 aromatic rings. The molecule has 0 spiro atoms. The summed E-state index contributed by atoms with van der Waals surface area (Å²) in [4.78, 5) is 8.18. The van der Waals surface area contributed by atoms with Crippen LogP contribution in [-0.4, -0.2) is 86.0 Å². The minimum Gasteiger partial charge on any atom is -0.491 e. The van der Waals surface area contributed by atoms with E-state index in [2.05, 4.69) is 9.88 Å². The second kappa shape index (κ2) is 11.0. The highest BCUT2D eigenvalue weighted by Gasteiger charge is 2.32. The molecule has 12 heteroatoms. The van der Waals surface area contributed by atoms with Gasteiger partial charge in [0.15, 0.2) is 9.84 Å². The Labute approximate surface area is 212 Å². The molecule has 36 heavy (non-hydrogen) atoms. The smallest absolute Gasteiger partial charge is 0.416 e. The summed E-state index contributed by atoms with van der Waals surface area (Å²) in [6.45, 7) is 5.24. The molecular weight excluding hydrogens is 515 g/mol. The van der Waals surface area contributed by atoms with Crippen molar-refractivity contribution in [2.45, 2.75) is 24.1 Å². The highest BCUT2D eigenvalue weighted by atomic mass is 32.2. The summed E-state index contributed by atoms with van der Waals surface area (Å²) in [6, 6.07) is 9.53. The summed E-state index contributed by atoms with van der Waals surface area (Å²) in [7, 11) is -3.84. The maximum absolute atomic E-state index is 12.9. The van der Waals surface area contributed by atoms with Crippen LogP contribution in [0.2, 0.25) is 0 Å². The van der Waals surface area contributed by atoms with Gasteiger partial charge in [-0.05, 0) is 37.3 Å². The standard InChI is InChI=1S/C24H28F3N3O4S2/c1-17-28-22-14-20(5-6-23(22)35-17)34-16-19(31)15-30-9-7-29(8-10-30)11-12-36(32,33)21-4-2-3-18(13-21)24(25,26)27/h2-6,13-14,19,31H,7-12,15-16H2,1H3/t19-/m1/s1. The Morgan fingerprint density at radius 3 is 2.56 bits per heavy atom. The fourth-order valence-electron chi connectivity index (χ4n) is 4.08. The number of nitrogens with zero attached hydrogens (tertiary/aromatic N) is 3. The Bertz CT molecular complexity index is 1290. The van der Waals surface area contributed by atoms with E-state index in [1.54, 1.807) is 11.3 Å². The average Bonchev–Trinajstić information content (AvgIpc) is 3.21. The molecule has 1 saturated heterocycles. The number of piperazine rings is 1. The van der Waals surface area contributed by atoms with Crippen LogP contribution in [0.3, 0.4) is 0 Å². The summed E-state index contributed by atoms with van der Waals surface area (Å²) in [6.07, 6.45) is -5.28. The number of aromatic nitrogens is 1. The SMILES string of the molecule is Cc1nc2cc(OC[C@H](O)CN3CCN(CCS(=O)(=O)c4cccc(C(F)(F)F)c4)CC3)ccc2s1. The number of aliphatic hydroxyl groups excluding tert-OH is 1. The highest BCUT2D eigenvalue weighted by Crippen LogP contribution is 2.30. The first-order chi connectivity index (χ1) is 17.0. The lowest BCUT2D eigenvalue weighted by molar-refractivity contribution is -0.137. The van der Waals surface area contributed by atoms with Gasteiger partial charge in [-0.2, -0.15) is 13.2 Å². The van der Waals surface area contributed by atoms with Crippen LogP contribution in [0.5, 0.6) is 5.75 Å². The lowest BCUT2D eigenvalue weighted by Crippen LogP contribution is -2.50. The molecule has 1 atom stereocenters. The van der Waals surface area contributed by atoms with E-state index in [0.29, 0.717) is 44.5 Å². The van der Waals surface area contributed by atoms with Gasteiger partial charge in [0, 0.05) is 45.3 Å². The van der Waals surface area contributed by atoms with Crippen molar-refractivity contribution in [3.63, 3.8) is 0 Å². The van der Waals surface area contributed by atoms with Crippen LogP contribution in [0.4, 0.5) is 13.2 Å². The molecule has 4 rings (SSSR count). The van der Waals surface area contributed by atoms with E-state index in [4.69, 9.17) is 4.74 Å². The number of β-amino-alcohol motifs (C(OH)–C–C–N with tert-alkyl or cyclic N) is 1. The van der Waals surface area contributed by atoms with Crippen LogP contribution < -0.4 is 4.74 Å². The van der Waals surface area contributed by atoms with E-state index in [-0.39, 0.29) is 23.8 Å². The number of sulfone groups is 1. The summed E-state index contributed by atoms with van der Waals surface area (Å²) < 4.78 is 70.7. The number of aryl methyl sites for hydroxylation is 1. The number of hydrogen-bond donors (Lipinski definition) is 1. The number of rotatable bonds is 9. The van der Waals surface area contributed by atoms with Crippen molar-refractivity contribution in [2.24, 2.45) is 0 Å². The molecule has 1 aliphatic heterocycles. The normalized spacial score (nSPS) is 16.9. The van der Waals surface area contributed by atoms with Crippen molar-refractivity contribution in [2.75, 3.05) is 51.6 Å². The Balaban J connectivity index is 1.20. The number of alkyl halides is 3. The predicted octanol–water partition coefficient (Wildman–Crippen LogP) is 3.45. The maximum atomic E-state index is 12.9. The van der Waals surface area contributed by atoms with E-state index in [1.165, 1.54) is 6.07 Å². The number of hydrogen-bond acceptors (Lipinski definition) is 8. The molecule has 0 aliphatic carbocycles. The molecule has 0 radical (unpaired) electrons. The van der Waals surface area contributed by atoms with Gasteiger partial charge in [-0.15, -0.1) is 11.3 Å². The zero-order valence-corrected chi connectivity index (χ0v) is 21.4. The first-order valence-corrected chi connectivity index (χ1v) is 14.0. The van der Waals surface area contributed by atoms with E-state index in [9.17, 15) is 26.7 Å². The third-order valence-corrected chi connectivity index (χ3v) is 8.68. The minimum absolute atomic E-state index is 0.143. The molecule has 0 saturated carbocycles. The number of benzene rings is 2. The van der Waals surface area contributed by atoms with E-state index in [0.717, 1.165) is 27.4 Å². The summed E-state index contributed by atoms with van der Waals surface area (Å²) in [5.74, 6) is 0.395. The van der Waals surface area contributed by atoms with E-state index >= 15 is 0 Å². The molecule has 196 valence electrons. The first-order valence-electron chi connectivity index (χ1n) is 11.5. The van der Waals surface area contributed by atoms with Crippen LogP contribution in [0.1, 0.15) is 10.6 Å². The molecule has 2 aromatic carbocycles.